The first-order valence-electron chi connectivity index (χ1n) is 4.10. The Morgan fingerprint density at radius 3 is 2.42 bits per heavy atom. The Kier molecular flexibility index (Phi) is 5.28. The van der Waals surface area contributed by atoms with Crippen LogP contribution in [0.15, 0.2) is 0 Å². The van der Waals surface area contributed by atoms with Crippen LogP contribution in [0.3, 0.4) is 0 Å². The van der Waals surface area contributed by atoms with Gasteiger partial charge >= 0.3 is 5.97 Å². The molecule has 0 spiro atoms. The van der Waals surface area contributed by atoms with E-state index in [1.165, 1.54) is 0 Å². The maximum absolute atomic E-state index is 11.0. The third kappa shape index (κ3) is 3.48. The lowest BCUT2D eigenvalue weighted by Crippen LogP contribution is -2.36. The molecular weight excluding hydrogens is 158 g/mol. The van der Waals surface area contributed by atoms with Gasteiger partial charge in [-0.25, -0.2) is 4.79 Å². The molecule has 1 unspecified atom stereocenters. The second kappa shape index (κ2) is 5.71. The minimum atomic E-state index is -0.821. The standard InChI is InChI=1S/C8H15NO3/c1-3-5-6(9)7(10)8(11)12-4-2/h6H,3-5,9H2,1-2H3. The number of rotatable bonds is 5. The first-order chi connectivity index (χ1) is 5.63. The van der Waals surface area contributed by atoms with E-state index in [4.69, 9.17) is 5.73 Å². The summed E-state index contributed by atoms with van der Waals surface area (Å²) in [6, 6.07) is -0.700. The highest BCUT2D eigenvalue weighted by Gasteiger charge is 2.21. The quantitative estimate of drug-likeness (QED) is 0.478. The molecule has 0 aliphatic rings. The Labute approximate surface area is 72.1 Å². The fourth-order valence-electron chi connectivity index (χ4n) is 0.796. The number of hydrogen-bond acceptors (Lipinski definition) is 4. The lowest BCUT2D eigenvalue weighted by Gasteiger charge is -2.06. The summed E-state index contributed by atoms with van der Waals surface area (Å²) < 4.78 is 4.50. The van der Waals surface area contributed by atoms with Crippen molar-refractivity contribution in [2.45, 2.75) is 32.7 Å². The summed E-state index contributed by atoms with van der Waals surface area (Å²) in [5.41, 5.74) is 5.41. The van der Waals surface area contributed by atoms with Gasteiger partial charge < -0.3 is 10.5 Å². The van der Waals surface area contributed by atoms with Crippen LogP contribution < -0.4 is 5.73 Å². The number of Topliss-reactive ketones (excluding diaryl/α,β-unsaturated/α-hetero) is 1. The van der Waals surface area contributed by atoms with E-state index < -0.39 is 17.8 Å². The van der Waals surface area contributed by atoms with Crippen LogP contribution in [0.1, 0.15) is 26.7 Å². The molecule has 0 radical (unpaired) electrons. The van der Waals surface area contributed by atoms with Gasteiger partial charge in [-0.1, -0.05) is 13.3 Å². The molecule has 12 heavy (non-hydrogen) atoms. The summed E-state index contributed by atoms with van der Waals surface area (Å²) in [5, 5.41) is 0. The SMILES string of the molecule is CCCC(N)C(=O)C(=O)OCC. The van der Waals surface area contributed by atoms with Crippen molar-refractivity contribution in [2.75, 3.05) is 6.61 Å². The second-order valence-electron chi connectivity index (χ2n) is 2.48. The maximum atomic E-state index is 11.0. The molecule has 0 bridgehead atoms. The number of carbonyl (C=O) groups is 2. The van der Waals surface area contributed by atoms with Crippen molar-refractivity contribution in [2.24, 2.45) is 5.73 Å². The third-order valence-electron chi connectivity index (χ3n) is 1.41. The monoisotopic (exact) mass is 173 g/mol. The topological polar surface area (TPSA) is 69.4 Å². The molecule has 0 heterocycles. The van der Waals surface area contributed by atoms with Gasteiger partial charge in [0.1, 0.15) is 0 Å². The molecular formula is C8H15NO3. The van der Waals surface area contributed by atoms with Crippen LogP contribution in [0.2, 0.25) is 0 Å². The van der Waals surface area contributed by atoms with Gasteiger partial charge in [0.2, 0.25) is 0 Å². The summed E-state index contributed by atoms with van der Waals surface area (Å²) in [5.74, 6) is -1.45. The molecule has 4 heteroatoms. The van der Waals surface area contributed by atoms with E-state index in [0.717, 1.165) is 6.42 Å². The van der Waals surface area contributed by atoms with Crippen molar-refractivity contribution >= 4 is 11.8 Å². The summed E-state index contributed by atoms with van der Waals surface area (Å²) in [7, 11) is 0. The first kappa shape index (κ1) is 11.1. The highest BCUT2D eigenvalue weighted by atomic mass is 16.5. The molecule has 0 saturated carbocycles. The lowest BCUT2D eigenvalue weighted by molar-refractivity contribution is -0.154. The van der Waals surface area contributed by atoms with Crippen molar-refractivity contribution < 1.29 is 14.3 Å². The van der Waals surface area contributed by atoms with Crippen LogP contribution in [0.25, 0.3) is 0 Å². The molecule has 0 aromatic heterocycles. The number of hydrogen-bond donors (Lipinski definition) is 1. The first-order valence-corrected chi connectivity index (χ1v) is 4.10. The maximum Gasteiger partial charge on any atom is 0.376 e. The molecule has 70 valence electrons. The van der Waals surface area contributed by atoms with E-state index in [1.807, 2.05) is 6.92 Å². The van der Waals surface area contributed by atoms with Gasteiger partial charge in [0, 0.05) is 0 Å². The molecule has 0 aliphatic carbocycles. The van der Waals surface area contributed by atoms with Gasteiger partial charge in [-0.05, 0) is 13.3 Å². The summed E-state index contributed by atoms with van der Waals surface area (Å²) in [6.45, 7) is 3.76. The number of ketones is 1. The zero-order chi connectivity index (χ0) is 9.56. The van der Waals surface area contributed by atoms with Gasteiger partial charge in [-0.3, -0.25) is 4.79 Å². The van der Waals surface area contributed by atoms with Crippen molar-refractivity contribution in [1.82, 2.24) is 0 Å². The fourth-order valence-corrected chi connectivity index (χ4v) is 0.796. The van der Waals surface area contributed by atoms with Crippen LogP contribution in [0, 0.1) is 0 Å². The van der Waals surface area contributed by atoms with E-state index in [0.29, 0.717) is 6.42 Å². The Hall–Kier alpha value is -0.900. The Balaban J connectivity index is 3.91. The normalized spacial score (nSPS) is 12.2. The summed E-state index contributed by atoms with van der Waals surface area (Å²) in [6.07, 6.45) is 1.31. The Morgan fingerprint density at radius 1 is 1.42 bits per heavy atom. The van der Waals surface area contributed by atoms with Gasteiger partial charge in [0.15, 0.2) is 0 Å². The molecule has 0 rings (SSSR count). The van der Waals surface area contributed by atoms with Crippen molar-refractivity contribution in [3.63, 3.8) is 0 Å². The minimum absolute atomic E-state index is 0.212. The molecule has 2 N–H and O–H groups in total. The smallest absolute Gasteiger partial charge is 0.376 e. The molecule has 0 saturated heterocycles. The average Bonchev–Trinajstić information content (AvgIpc) is 2.04. The van der Waals surface area contributed by atoms with E-state index >= 15 is 0 Å². The van der Waals surface area contributed by atoms with Crippen LogP contribution in [0.4, 0.5) is 0 Å². The molecule has 0 amide bonds. The third-order valence-corrected chi connectivity index (χ3v) is 1.41. The van der Waals surface area contributed by atoms with Crippen LogP contribution >= 0.6 is 0 Å². The lowest BCUT2D eigenvalue weighted by atomic mass is 10.1. The molecule has 0 aromatic carbocycles. The predicted octanol–water partition coefficient (Wildman–Crippen LogP) is 0.246. The Bertz CT molecular complexity index is 168. The zero-order valence-electron chi connectivity index (χ0n) is 7.50. The van der Waals surface area contributed by atoms with E-state index in [9.17, 15) is 9.59 Å². The number of esters is 1. The van der Waals surface area contributed by atoms with Crippen molar-refractivity contribution in [3.8, 4) is 0 Å². The fraction of sp³-hybridized carbons (Fsp3) is 0.750. The Morgan fingerprint density at radius 2 is 2.00 bits per heavy atom. The van der Waals surface area contributed by atoms with Crippen LogP contribution in [-0.2, 0) is 14.3 Å². The van der Waals surface area contributed by atoms with E-state index in [1.54, 1.807) is 6.92 Å². The largest absolute Gasteiger partial charge is 0.460 e. The minimum Gasteiger partial charge on any atom is -0.460 e. The average molecular weight is 173 g/mol. The number of carbonyl (C=O) groups excluding carboxylic acids is 2. The number of nitrogens with two attached hydrogens (primary N) is 1. The highest BCUT2D eigenvalue weighted by Crippen LogP contribution is 1.96. The second-order valence-corrected chi connectivity index (χ2v) is 2.48. The van der Waals surface area contributed by atoms with Crippen LogP contribution in [0.5, 0.6) is 0 Å². The zero-order valence-corrected chi connectivity index (χ0v) is 7.50. The summed E-state index contributed by atoms with van der Waals surface area (Å²) in [4.78, 5) is 21.8. The van der Waals surface area contributed by atoms with Crippen molar-refractivity contribution in [1.29, 1.82) is 0 Å². The highest BCUT2D eigenvalue weighted by molar-refractivity contribution is 6.35. The predicted molar refractivity (Wildman–Crippen MR) is 44.5 cm³/mol. The molecule has 4 nitrogen and oxygen atoms in total. The molecule has 0 fully saturated rings. The molecule has 0 aromatic rings. The van der Waals surface area contributed by atoms with Gasteiger partial charge in [0.25, 0.3) is 5.78 Å². The number of ether oxygens (including phenoxy) is 1. The van der Waals surface area contributed by atoms with Crippen LogP contribution in [-0.4, -0.2) is 24.4 Å². The van der Waals surface area contributed by atoms with Gasteiger partial charge in [-0.2, -0.15) is 0 Å². The molecule has 0 aliphatic heterocycles. The summed E-state index contributed by atoms with van der Waals surface area (Å²) >= 11 is 0. The van der Waals surface area contributed by atoms with E-state index in [-0.39, 0.29) is 6.61 Å². The van der Waals surface area contributed by atoms with E-state index in [2.05, 4.69) is 4.74 Å². The van der Waals surface area contributed by atoms with Gasteiger partial charge in [0.05, 0.1) is 12.6 Å². The van der Waals surface area contributed by atoms with Gasteiger partial charge in [-0.15, -0.1) is 0 Å². The molecule has 1 atom stereocenters. The van der Waals surface area contributed by atoms with Crippen molar-refractivity contribution in [3.05, 3.63) is 0 Å².